The number of rotatable bonds is 2. The van der Waals surface area contributed by atoms with Crippen LogP contribution in [0.5, 0.6) is 5.75 Å². The fourth-order valence-corrected chi connectivity index (χ4v) is 0.828. The third-order valence-corrected chi connectivity index (χ3v) is 1.34. The minimum absolute atomic E-state index is 0. The Labute approximate surface area is 89.0 Å². The van der Waals surface area contributed by atoms with Crippen LogP contribution in [0.2, 0.25) is 0 Å². The van der Waals surface area contributed by atoms with Crippen LogP contribution < -0.4 is 34.7 Å². The van der Waals surface area contributed by atoms with E-state index in [0.717, 1.165) is 5.56 Å². The summed E-state index contributed by atoms with van der Waals surface area (Å²) in [7, 11) is 0. The second-order valence-electron chi connectivity index (χ2n) is 2.10. The summed E-state index contributed by atoms with van der Waals surface area (Å²) in [6.45, 7) is 3.56. The molecule has 0 fully saturated rings. The average molecular weight is 156 g/mol. The molecule has 0 amide bonds. The average Bonchev–Trinajstić information content (AvgIpc) is 1.94. The van der Waals surface area contributed by atoms with Crippen molar-refractivity contribution in [1.29, 1.82) is 0 Å². The third kappa shape index (κ3) is 3.10. The van der Waals surface area contributed by atoms with Crippen LogP contribution in [0.25, 0.3) is 0 Å². The second-order valence-corrected chi connectivity index (χ2v) is 2.10. The first-order valence-electron chi connectivity index (χ1n) is 3.20. The van der Waals surface area contributed by atoms with Crippen molar-refractivity contribution in [3.05, 3.63) is 42.5 Å². The van der Waals surface area contributed by atoms with Gasteiger partial charge in [-0.2, -0.15) is 0 Å². The molecular formula is C9H9NaO. The molecule has 0 spiro atoms. The number of para-hydroxylation sites is 1. The molecule has 0 aromatic heterocycles. The molecule has 0 atom stereocenters. The van der Waals surface area contributed by atoms with Gasteiger partial charge in [0.2, 0.25) is 0 Å². The molecule has 1 aromatic carbocycles. The van der Waals surface area contributed by atoms with E-state index in [2.05, 4.69) is 6.58 Å². The molecule has 0 bridgehead atoms. The summed E-state index contributed by atoms with van der Waals surface area (Å²) in [4.78, 5) is 0. The van der Waals surface area contributed by atoms with E-state index in [1.807, 2.05) is 12.1 Å². The predicted octanol–water partition coefficient (Wildman–Crippen LogP) is -1.51. The van der Waals surface area contributed by atoms with Crippen molar-refractivity contribution in [3.8, 4) is 5.75 Å². The summed E-state index contributed by atoms with van der Waals surface area (Å²) in [5.74, 6) is 0.0994. The molecule has 0 aliphatic rings. The molecule has 11 heavy (non-hydrogen) atoms. The Balaban J connectivity index is 0.000001000. The van der Waals surface area contributed by atoms with Gasteiger partial charge in [0.15, 0.2) is 0 Å². The first kappa shape index (κ1) is 10.8. The Morgan fingerprint density at radius 2 is 2.00 bits per heavy atom. The predicted molar refractivity (Wildman–Crippen MR) is 39.8 cm³/mol. The van der Waals surface area contributed by atoms with Gasteiger partial charge in [-0.05, 0) is 6.42 Å². The van der Waals surface area contributed by atoms with Crippen molar-refractivity contribution >= 4 is 0 Å². The van der Waals surface area contributed by atoms with Crippen LogP contribution in [-0.2, 0) is 6.42 Å². The first-order chi connectivity index (χ1) is 4.84. The van der Waals surface area contributed by atoms with Crippen molar-refractivity contribution in [1.82, 2.24) is 0 Å². The van der Waals surface area contributed by atoms with E-state index in [1.54, 1.807) is 18.2 Å². The molecule has 0 N–H and O–H groups in total. The fourth-order valence-electron chi connectivity index (χ4n) is 0.828. The van der Waals surface area contributed by atoms with Gasteiger partial charge in [0, 0.05) is 0 Å². The van der Waals surface area contributed by atoms with Crippen LogP contribution in [-0.4, -0.2) is 0 Å². The molecule has 1 nitrogen and oxygen atoms in total. The summed E-state index contributed by atoms with van der Waals surface area (Å²) >= 11 is 0. The van der Waals surface area contributed by atoms with Crippen LogP contribution in [0.4, 0.5) is 0 Å². The third-order valence-electron chi connectivity index (χ3n) is 1.34. The van der Waals surface area contributed by atoms with E-state index in [1.165, 1.54) is 0 Å². The quantitative estimate of drug-likeness (QED) is 0.377. The smallest absolute Gasteiger partial charge is 0.872 e. The van der Waals surface area contributed by atoms with Gasteiger partial charge in [-0.25, -0.2) is 0 Å². The van der Waals surface area contributed by atoms with Crippen molar-refractivity contribution in [2.75, 3.05) is 0 Å². The maximum Gasteiger partial charge on any atom is 1.00 e. The van der Waals surface area contributed by atoms with Crippen LogP contribution in [0.3, 0.4) is 0 Å². The largest absolute Gasteiger partial charge is 1.00 e. The van der Waals surface area contributed by atoms with Crippen LogP contribution in [0.1, 0.15) is 5.56 Å². The van der Waals surface area contributed by atoms with E-state index in [4.69, 9.17) is 0 Å². The fraction of sp³-hybridized carbons (Fsp3) is 0.111. The normalized spacial score (nSPS) is 8.36. The Morgan fingerprint density at radius 1 is 1.36 bits per heavy atom. The van der Waals surface area contributed by atoms with E-state index in [0.29, 0.717) is 6.42 Å². The van der Waals surface area contributed by atoms with Gasteiger partial charge in [-0.3, -0.25) is 0 Å². The van der Waals surface area contributed by atoms with E-state index < -0.39 is 0 Å². The van der Waals surface area contributed by atoms with Crippen molar-refractivity contribution in [2.45, 2.75) is 6.42 Å². The Kier molecular flexibility index (Phi) is 5.30. The van der Waals surface area contributed by atoms with Crippen molar-refractivity contribution < 1.29 is 34.7 Å². The monoisotopic (exact) mass is 156 g/mol. The number of benzene rings is 1. The zero-order valence-corrected chi connectivity index (χ0v) is 8.71. The minimum atomic E-state index is 0. The SMILES string of the molecule is C=CCc1ccccc1[O-].[Na+]. The van der Waals surface area contributed by atoms with Crippen molar-refractivity contribution in [3.63, 3.8) is 0 Å². The Hall–Kier alpha value is -0.240. The van der Waals surface area contributed by atoms with E-state index in [-0.39, 0.29) is 35.3 Å². The van der Waals surface area contributed by atoms with Gasteiger partial charge in [-0.15, -0.1) is 12.3 Å². The van der Waals surface area contributed by atoms with Crippen molar-refractivity contribution in [2.24, 2.45) is 0 Å². The summed E-state index contributed by atoms with van der Waals surface area (Å²) < 4.78 is 0. The Morgan fingerprint density at radius 3 is 2.55 bits per heavy atom. The number of hydrogen-bond acceptors (Lipinski definition) is 1. The van der Waals surface area contributed by atoms with Crippen LogP contribution in [0.15, 0.2) is 36.9 Å². The molecule has 2 heteroatoms. The molecule has 0 radical (unpaired) electrons. The second kappa shape index (κ2) is 5.42. The van der Waals surface area contributed by atoms with Gasteiger partial charge < -0.3 is 5.11 Å². The van der Waals surface area contributed by atoms with Gasteiger partial charge in [0.25, 0.3) is 0 Å². The molecule has 52 valence electrons. The topological polar surface area (TPSA) is 23.1 Å². The molecule has 0 saturated heterocycles. The van der Waals surface area contributed by atoms with Gasteiger partial charge >= 0.3 is 29.6 Å². The molecule has 0 aliphatic heterocycles. The molecule has 1 rings (SSSR count). The number of allylic oxidation sites excluding steroid dienone is 1. The molecule has 1 aromatic rings. The molecule has 0 aliphatic carbocycles. The molecule has 0 unspecified atom stereocenters. The summed E-state index contributed by atoms with van der Waals surface area (Å²) in [6, 6.07) is 7.00. The first-order valence-corrected chi connectivity index (χ1v) is 3.20. The molecular weight excluding hydrogens is 147 g/mol. The standard InChI is InChI=1S/C9H10O.Na/c1-2-5-8-6-3-4-7-9(8)10;/h2-4,6-7,10H,1,5H2;/q;+1/p-1. The van der Waals surface area contributed by atoms with Crippen LogP contribution in [0, 0.1) is 0 Å². The number of hydrogen-bond donors (Lipinski definition) is 0. The van der Waals surface area contributed by atoms with E-state index >= 15 is 0 Å². The molecule has 0 saturated carbocycles. The van der Waals surface area contributed by atoms with Gasteiger partial charge in [0.1, 0.15) is 0 Å². The van der Waals surface area contributed by atoms with Crippen LogP contribution >= 0.6 is 0 Å². The summed E-state index contributed by atoms with van der Waals surface area (Å²) in [5.41, 5.74) is 0.817. The summed E-state index contributed by atoms with van der Waals surface area (Å²) in [5, 5.41) is 11.0. The summed E-state index contributed by atoms with van der Waals surface area (Å²) in [6.07, 6.45) is 2.40. The van der Waals surface area contributed by atoms with Gasteiger partial charge in [0.05, 0.1) is 0 Å². The van der Waals surface area contributed by atoms with Gasteiger partial charge in [-0.1, -0.05) is 35.9 Å². The maximum absolute atomic E-state index is 11.0. The van der Waals surface area contributed by atoms with E-state index in [9.17, 15) is 5.11 Å². The zero-order chi connectivity index (χ0) is 7.40. The Bertz CT molecular complexity index is 233. The minimum Gasteiger partial charge on any atom is -0.872 e. The molecule has 0 heterocycles. The zero-order valence-electron chi connectivity index (χ0n) is 6.71. The maximum atomic E-state index is 11.0.